The van der Waals surface area contributed by atoms with Crippen LogP contribution in [0.15, 0.2) is 72.8 Å². The van der Waals surface area contributed by atoms with Crippen LogP contribution in [-0.4, -0.2) is 17.2 Å². The first-order valence-electron chi connectivity index (χ1n) is 10.5. The summed E-state index contributed by atoms with van der Waals surface area (Å²) in [5, 5.41) is 15.5. The summed E-state index contributed by atoms with van der Waals surface area (Å²) >= 11 is 0. The minimum Gasteiger partial charge on any atom is -0.449 e. The summed E-state index contributed by atoms with van der Waals surface area (Å²) in [4.78, 5) is 23.3. The van der Waals surface area contributed by atoms with E-state index in [9.17, 15) is 9.59 Å². The van der Waals surface area contributed by atoms with Gasteiger partial charge >= 0.3 is 6.16 Å². The number of carbonyl (C=O) groups is 2. The molecule has 1 aliphatic heterocycles. The van der Waals surface area contributed by atoms with Gasteiger partial charge in [0.05, 0.1) is 12.5 Å². The summed E-state index contributed by atoms with van der Waals surface area (Å²) < 4.78 is 4.80. The van der Waals surface area contributed by atoms with Gasteiger partial charge in [0.2, 0.25) is 5.91 Å². The van der Waals surface area contributed by atoms with E-state index in [1.54, 1.807) is 12.1 Å². The van der Waals surface area contributed by atoms with Crippen LogP contribution < -0.4 is 15.4 Å². The van der Waals surface area contributed by atoms with Crippen LogP contribution in [0.3, 0.4) is 0 Å². The van der Waals surface area contributed by atoms with Crippen molar-refractivity contribution in [3.8, 4) is 5.75 Å². The van der Waals surface area contributed by atoms with E-state index in [2.05, 4.69) is 30.5 Å². The highest BCUT2D eigenvalue weighted by atomic mass is 16.7. The van der Waals surface area contributed by atoms with Crippen LogP contribution in [-0.2, 0) is 17.6 Å². The number of nitrogens with one attached hydrogen (secondary N) is 2. The molecule has 1 aliphatic rings. The molecule has 0 saturated carbocycles. The lowest BCUT2D eigenvalue weighted by Gasteiger charge is -2.41. The van der Waals surface area contributed by atoms with E-state index in [0.717, 1.165) is 34.5 Å². The van der Waals surface area contributed by atoms with Gasteiger partial charge in [0.15, 0.2) is 0 Å². The Balaban J connectivity index is 1.52. The number of amides is 1. The number of anilines is 2. The van der Waals surface area contributed by atoms with Crippen molar-refractivity contribution in [1.29, 1.82) is 0 Å². The number of hydrogen-bond acceptors (Lipinski definition) is 4. The molecule has 1 amide bonds. The average molecular weight is 431 g/mol. The van der Waals surface area contributed by atoms with Gasteiger partial charge in [-0.1, -0.05) is 56.3 Å². The number of carbonyl (C=O) groups excluding carboxylic acids is 1. The molecule has 164 valence electrons. The molecule has 0 radical (unpaired) electrons. The number of carboxylic acid groups (broad SMARTS) is 1. The van der Waals surface area contributed by atoms with Crippen molar-refractivity contribution in [2.24, 2.45) is 5.41 Å². The molecule has 0 bridgehead atoms. The standard InChI is InChI=1S/C26H26N2O4/c1-26(2)16-19-15-21(32-25(30)31)11-12-22(19)28-24(26)18-9-6-10-20(14-18)27-23(29)13-17-7-4-3-5-8-17/h3-12,14-15,24,28H,13,16H2,1-2H3,(H,27,29)(H,30,31). The van der Waals surface area contributed by atoms with Gasteiger partial charge < -0.3 is 20.5 Å². The van der Waals surface area contributed by atoms with Crippen LogP contribution in [0, 0.1) is 5.41 Å². The van der Waals surface area contributed by atoms with Gasteiger partial charge in [0, 0.05) is 11.4 Å². The number of ether oxygens (including phenoxy) is 1. The summed E-state index contributed by atoms with van der Waals surface area (Å²) in [6.07, 6.45) is -0.245. The fourth-order valence-corrected chi connectivity index (χ4v) is 4.28. The van der Waals surface area contributed by atoms with Gasteiger partial charge in [0.25, 0.3) is 0 Å². The molecule has 0 aliphatic carbocycles. The van der Waals surface area contributed by atoms with Crippen molar-refractivity contribution in [3.63, 3.8) is 0 Å². The van der Waals surface area contributed by atoms with E-state index in [1.165, 1.54) is 0 Å². The van der Waals surface area contributed by atoms with Crippen LogP contribution in [0.5, 0.6) is 5.75 Å². The highest BCUT2D eigenvalue weighted by molar-refractivity contribution is 5.92. The van der Waals surface area contributed by atoms with Gasteiger partial charge in [-0.2, -0.15) is 0 Å². The van der Waals surface area contributed by atoms with Gasteiger partial charge in [-0.05, 0) is 58.9 Å². The fourth-order valence-electron chi connectivity index (χ4n) is 4.28. The molecular formula is C26H26N2O4. The molecule has 0 spiro atoms. The Hall–Kier alpha value is -3.80. The van der Waals surface area contributed by atoms with Crippen molar-refractivity contribution >= 4 is 23.4 Å². The van der Waals surface area contributed by atoms with Crippen molar-refractivity contribution in [2.45, 2.75) is 32.7 Å². The van der Waals surface area contributed by atoms with Gasteiger partial charge in [-0.15, -0.1) is 0 Å². The quantitative estimate of drug-likeness (QED) is 0.359. The predicted octanol–water partition coefficient (Wildman–Crippen LogP) is 5.66. The molecule has 6 nitrogen and oxygen atoms in total. The van der Waals surface area contributed by atoms with E-state index in [-0.39, 0.29) is 17.4 Å². The van der Waals surface area contributed by atoms with E-state index in [0.29, 0.717) is 12.2 Å². The molecule has 32 heavy (non-hydrogen) atoms. The third-order valence-electron chi connectivity index (χ3n) is 5.72. The normalized spacial score (nSPS) is 16.4. The Kier molecular flexibility index (Phi) is 5.86. The van der Waals surface area contributed by atoms with Crippen molar-refractivity contribution < 1.29 is 19.4 Å². The van der Waals surface area contributed by atoms with E-state index in [4.69, 9.17) is 9.84 Å². The van der Waals surface area contributed by atoms with E-state index < -0.39 is 6.16 Å². The number of rotatable bonds is 5. The average Bonchev–Trinajstić information content (AvgIpc) is 2.73. The Labute approximate surface area is 187 Å². The van der Waals surface area contributed by atoms with Crippen LogP contribution >= 0.6 is 0 Å². The predicted molar refractivity (Wildman–Crippen MR) is 124 cm³/mol. The lowest BCUT2D eigenvalue weighted by Crippen LogP contribution is -2.35. The van der Waals surface area contributed by atoms with Gasteiger partial charge in [-0.3, -0.25) is 4.79 Å². The summed E-state index contributed by atoms with van der Waals surface area (Å²) in [6, 6.07) is 22.9. The lowest BCUT2D eigenvalue weighted by molar-refractivity contribution is -0.115. The Morgan fingerprint density at radius 3 is 2.59 bits per heavy atom. The maximum atomic E-state index is 12.5. The zero-order chi connectivity index (χ0) is 22.7. The number of benzene rings is 3. The van der Waals surface area contributed by atoms with Crippen LogP contribution in [0.4, 0.5) is 16.2 Å². The maximum absolute atomic E-state index is 12.5. The molecule has 1 atom stereocenters. The van der Waals surface area contributed by atoms with Crippen LogP contribution in [0.1, 0.15) is 36.6 Å². The second-order valence-corrected chi connectivity index (χ2v) is 8.77. The molecule has 1 heterocycles. The zero-order valence-electron chi connectivity index (χ0n) is 18.1. The van der Waals surface area contributed by atoms with E-state index >= 15 is 0 Å². The molecule has 0 aromatic heterocycles. The zero-order valence-corrected chi connectivity index (χ0v) is 18.1. The molecule has 0 saturated heterocycles. The first kappa shape index (κ1) is 21.4. The van der Waals surface area contributed by atoms with Crippen LogP contribution in [0.25, 0.3) is 0 Å². The molecule has 6 heteroatoms. The highest BCUT2D eigenvalue weighted by Gasteiger charge is 2.36. The smallest absolute Gasteiger partial charge is 0.449 e. The largest absolute Gasteiger partial charge is 0.511 e. The minimum atomic E-state index is -1.32. The molecule has 1 unspecified atom stereocenters. The molecule has 4 rings (SSSR count). The molecule has 3 N–H and O–H groups in total. The molecule has 3 aromatic carbocycles. The third-order valence-corrected chi connectivity index (χ3v) is 5.72. The van der Waals surface area contributed by atoms with Crippen molar-refractivity contribution in [3.05, 3.63) is 89.5 Å². The number of hydrogen-bond donors (Lipinski definition) is 3. The highest BCUT2D eigenvalue weighted by Crippen LogP contribution is 2.45. The Bertz CT molecular complexity index is 1140. The molecule has 3 aromatic rings. The maximum Gasteiger partial charge on any atom is 0.511 e. The monoisotopic (exact) mass is 430 g/mol. The van der Waals surface area contributed by atoms with Crippen molar-refractivity contribution in [2.75, 3.05) is 10.6 Å². The Morgan fingerprint density at radius 1 is 1.06 bits per heavy atom. The van der Waals surface area contributed by atoms with E-state index in [1.807, 2.05) is 54.6 Å². The summed E-state index contributed by atoms with van der Waals surface area (Å²) in [5.74, 6) is 0.260. The van der Waals surface area contributed by atoms with Gasteiger partial charge in [0.1, 0.15) is 5.75 Å². The summed E-state index contributed by atoms with van der Waals surface area (Å²) in [7, 11) is 0. The van der Waals surface area contributed by atoms with Crippen LogP contribution in [0.2, 0.25) is 0 Å². The van der Waals surface area contributed by atoms with Gasteiger partial charge in [-0.25, -0.2) is 4.79 Å². The fraction of sp³-hybridized carbons (Fsp3) is 0.231. The second kappa shape index (κ2) is 8.75. The first-order chi connectivity index (χ1) is 15.3. The number of fused-ring (bicyclic) bond motifs is 1. The third kappa shape index (κ3) is 4.91. The van der Waals surface area contributed by atoms with Crippen molar-refractivity contribution in [1.82, 2.24) is 0 Å². The minimum absolute atomic E-state index is 0.0206. The lowest BCUT2D eigenvalue weighted by atomic mass is 9.73. The second-order valence-electron chi connectivity index (χ2n) is 8.77. The topological polar surface area (TPSA) is 87.7 Å². The molecular weight excluding hydrogens is 404 g/mol. The summed E-state index contributed by atoms with van der Waals surface area (Å²) in [5.41, 5.74) is 4.62. The SMILES string of the molecule is CC1(C)Cc2cc(OC(=O)O)ccc2NC1c1cccc(NC(=O)Cc2ccccc2)c1. The first-order valence-corrected chi connectivity index (χ1v) is 10.5. The Morgan fingerprint density at radius 2 is 1.84 bits per heavy atom. The summed E-state index contributed by atoms with van der Waals surface area (Å²) in [6.45, 7) is 4.33. The molecule has 0 fully saturated rings.